The minimum Gasteiger partial charge on any atom is -0.497 e. The van der Waals surface area contributed by atoms with Crippen LogP contribution in [0.15, 0.2) is 51.6 Å². The van der Waals surface area contributed by atoms with Gasteiger partial charge >= 0.3 is 6.16 Å². The van der Waals surface area contributed by atoms with E-state index in [1.54, 1.807) is 30.2 Å². The smallest absolute Gasteiger partial charge is 0.497 e. The van der Waals surface area contributed by atoms with Gasteiger partial charge < -0.3 is 24.1 Å². The lowest BCUT2D eigenvalue weighted by Crippen LogP contribution is -2.31. The number of halogens is 2. The summed E-state index contributed by atoms with van der Waals surface area (Å²) in [7, 11) is 2.85. The fourth-order valence-corrected chi connectivity index (χ4v) is 2.96. The van der Waals surface area contributed by atoms with Gasteiger partial charge in [0.25, 0.3) is 5.91 Å². The van der Waals surface area contributed by atoms with Crippen molar-refractivity contribution in [3.63, 3.8) is 0 Å². The third-order valence-corrected chi connectivity index (χ3v) is 5.51. The molecule has 0 atom stereocenters. The summed E-state index contributed by atoms with van der Waals surface area (Å²) in [6.45, 7) is 0.805. The van der Waals surface area contributed by atoms with Gasteiger partial charge in [-0.05, 0) is 61.7 Å². The highest BCUT2D eigenvalue weighted by Crippen LogP contribution is 2.24. The number of hydrogen-bond acceptors (Lipinski definition) is 5. The summed E-state index contributed by atoms with van der Waals surface area (Å²) < 4.78 is 15.8. The summed E-state index contributed by atoms with van der Waals surface area (Å²) >= 11 is 6.72. The molecule has 0 aliphatic carbocycles. The third kappa shape index (κ3) is 6.42. The Kier molecular flexibility index (Phi) is 8.59. The van der Waals surface area contributed by atoms with Crippen LogP contribution in [-0.2, 0) is 16.0 Å². The number of rotatable bonds is 8. The van der Waals surface area contributed by atoms with Gasteiger partial charge in [0.15, 0.2) is 0 Å². The lowest BCUT2D eigenvalue weighted by molar-refractivity contribution is 0.0751. The number of ether oxygens (including phenoxy) is 3. The molecule has 150 valence electrons. The number of carbonyl (C=O) groups is 2. The summed E-state index contributed by atoms with van der Waals surface area (Å²) in [5, 5.41) is 0. The lowest BCUT2D eigenvalue weighted by atomic mass is 10.2. The van der Waals surface area contributed by atoms with Crippen LogP contribution in [0.4, 0.5) is 4.79 Å². The average Bonchev–Trinajstić information content (AvgIpc) is 3.05. The van der Waals surface area contributed by atoms with E-state index in [0.29, 0.717) is 23.4 Å². The van der Waals surface area contributed by atoms with E-state index in [0.717, 1.165) is 15.8 Å². The zero-order valence-corrected chi connectivity index (χ0v) is 18.6. The van der Waals surface area contributed by atoms with E-state index in [9.17, 15) is 9.59 Å². The Hall–Kier alpha value is -2.26. The fourth-order valence-electron chi connectivity index (χ4n) is 2.31. The molecule has 0 aliphatic heterocycles. The molecule has 7 nitrogen and oxygen atoms in total. The summed E-state index contributed by atoms with van der Waals surface area (Å²) in [5.74, 6) is 0.583. The first-order valence-corrected chi connectivity index (χ1v) is 9.85. The number of nitrogens with one attached hydrogen (secondary N) is 1. The Bertz CT molecular complexity index is 814. The molecule has 0 fully saturated rings. The van der Waals surface area contributed by atoms with E-state index >= 15 is 0 Å². The van der Waals surface area contributed by atoms with Crippen LogP contribution in [0.1, 0.15) is 16.1 Å². The molecule has 1 amide bonds. The van der Waals surface area contributed by atoms with Crippen LogP contribution < -0.4 is 4.74 Å². The van der Waals surface area contributed by atoms with E-state index < -0.39 is 6.16 Å². The number of amides is 1. The molecule has 1 heterocycles. The largest absolute Gasteiger partial charge is 0.508 e. The number of aromatic nitrogens is 1. The normalized spacial score (nSPS) is 10.7. The molecule has 28 heavy (non-hydrogen) atoms. The van der Waals surface area contributed by atoms with Crippen LogP contribution in [0.5, 0.6) is 5.75 Å². The Morgan fingerprint density at radius 3 is 2.43 bits per heavy atom. The molecular formula is C19H20Br2N2O5. The van der Waals surface area contributed by atoms with Gasteiger partial charge in [-0.1, -0.05) is 18.2 Å². The quantitative estimate of drug-likeness (QED) is 0.412. The van der Waals surface area contributed by atoms with Crippen LogP contribution in [0.3, 0.4) is 0 Å². The standard InChI is InChI=1S/C19H20Br2N2O5/c1-26-14-7-5-13(6-8-14)12-23(9-3-4-10-28-19(25)27-2)18(24)16-11-15(20)17(21)22-16/h3-8,11,22H,9-10,12H2,1-2H3/b4-3+. The number of benzene rings is 1. The number of H-pyrrole nitrogens is 1. The first-order chi connectivity index (χ1) is 13.4. The maximum atomic E-state index is 12.9. The van der Waals surface area contributed by atoms with Gasteiger partial charge in [-0.2, -0.15) is 0 Å². The number of hydrogen-bond donors (Lipinski definition) is 1. The van der Waals surface area contributed by atoms with Gasteiger partial charge in [-0.25, -0.2) is 4.79 Å². The Morgan fingerprint density at radius 1 is 1.14 bits per heavy atom. The first-order valence-electron chi connectivity index (χ1n) is 8.26. The molecule has 0 saturated heterocycles. The van der Waals surface area contributed by atoms with Gasteiger partial charge in [0.1, 0.15) is 18.1 Å². The van der Waals surface area contributed by atoms with Crippen molar-refractivity contribution in [3.05, 3.63) is 62.8 Å². The minimum atomic E-state index is -0.753. The second-order valence-electron chi connectivity index (χ2n) is 5.62. The molecule has 2 rings (SSSR count). The van der Waals surface area contributed by atoms with Crippen molar-refractivity contribution in [2.24, 2.45) is 0 Å². The number of methoxy groups -OCH3 is 2. The zero-order chi connectivity index (χ0) is 20.5. The average molecular weight is 516 g/mol. The second-order valence-corrected chi connectivity index (χ2v) is 7.26. The van der Waals surface area contributed by atoms with Gasteiger partial charge in [0, 0.05) is 13.1 Å². The Morgan fingerprint density at radius 2 is 1.86 bits per heavy atom. The Labute approximate surface area is 179 Å². The molecule has 0 aliphatic rings. The molecule has 1 aromatic carbocycles. The maximum Gasteiger partial charge on any atom is 0.508 e. The van der Waals surface area contributed by atoms with Crippen molar-refractivity contribution in [1.29, 1.82) is 0 Å². The second kappa shape index (κ2) is 10.9. The molecule has 0 bridgehead atoms. The Balaban J connectivity index is 2.10. The molecule has 9 heteroatoms. The molecule has 0 spiro atoms. The van der Waals surface area contributed by atoms with Gasteiger partial charge in [-0.3, -0.25) is 4.79 Å². The minimum absolute atomic E-state index is 0.0663. The van der Waals surface area contributed by atoms with Gasteiger partial charge in [0.2, 0.25) is 0 Å². The number of aromatic amines is 1. The predicted octanol–water partition coefficient (Wildman–Crippen LogP) is 4.53. The van der Waals surface area contributed by atoms with E-state index in [-0.39, 0.29) is 12.5 Å². The molecule has 1 N–H and O–H groups in total. The number of nitrogens with zero attached hydrogens (tertiary/aromatic N) is 1. The third-order valence-electron chi connectivity index (χ3n) is 3.73. The highest BCUT2D eigenvalue weighted by molar-refractivity contribution is 9.13. The monoisotopic (exact) mass is 514 g/mol. The first kappa shape index (κ1) is 22.0. The van der Waals surface area contributed by atoms with Crippen LogP contribution in [0.25, 0.3) is 0 Å². The van der Waals surface area contributed by atoms with Gasteiger partial charge in [-0.15, -0.1) is 0 Å². The van der Waals surface area contributed by atoms with Crippen molar-refractivity contribution in [2.45, 2.75) is 6.54 Å². The van der Waals surface area contributed by atoms with E-state index in [2.05, 4.69) is 41.6 Å². The molecule has 1 aromatic heterocycles. The molecule has 0 saturated carbocycles. The fraction of sp³-hybridized carbons (Fsp3) is 0.263. The topological polar surface area (TPSA) is 80.9 Å². The zero-order valence-electron chi connectivity index (χ0n) is 15.4. The van der Waals surface area contributed by atoms with Crippen LogP contribution in [-0.4, -0.2) is 49.3 Å². The van der Waals surface area contributed by atoms with Crippen LogP contribution in [0, 0.1) is 0 Å². The summed E-state index contributed by atoms with van der Waals surface area (Å²) in [6, 6.07) is 9.23. The van der Waals surface area contributed by atoms with E-state index in [4.69, 9.17) is 9.47 Å². The summed E-state index contributed by atoms with van der Waals surface area (Å²) in [6.07, 6.45) is 2.67. The SMILES string of the molecule is COC(=O)OC/C=C/CN(Cc1ccc(OC)cc1)C(=O)c1cc(Br)c(Br)[nH]1. The highest BCUT2D eigenvalue weighted by atomic mass is 79.9. The van der Waals surface area contributed by atoms with Gasteiger partial charge in [0.05, 0.1) is 23.3 Å². The highest BCUT2D eigenvalue weighted by Gasteiger charge is 2.18. The van der Waals surface area contributed by atoms with E-state index in [1.165, 1.54) is 7.11 Å². The molecule has 2 aromatic rings. The van der Waals surface area contributed by atoms with Crippen molar-refractivity contribution in [3.8, 4) is 5.75 Å². The maximum absolute atomic E-state index is 12.9. The summed E-state index contributed by atoms with van der Waals surface area (Å²) in [5.41, 5.74) is 1.41. The molecular weight excluding hydrogens is 496 g/mol. The van der Waals surface area contributed by atoms with Crippen molar-refractivity contribution in [2.75, 3.05) is 27.4 Å². The molecule has 0 unspecified atom stereocenters. The van der Waals surface area contributed by atoms with Crippen molar-refractivity contribution in [1.82, 2.24) is 9.88 Å². The van der Waals surface area contributed by atoms with E-state index in [1.807, 2.05) is 24.3 Å². The number of carbonyl (C=O) groups excluding carboxylic acids is 2. The van der Waals surface area contributed by atoms with Crippen molar-refractivity contribution < 1.29 is 23.8 Å². The van der Waals surface area contributed by atoms with Crippen molar-refractivity contribution >= 4 is 43.9 Å². The lowest BCUT2D eigenvalue weighted by Gasteiger charge is -2.21. The molecule has 0 radical (unpaired) electrons. The van der Waals surface area contributed by atoms with Crippen LogP contribution >= 0.6 is 31.9 Å². The summed E-state index contributed by atoms with van der Waals surface area (Å²) in [4.78, 5) is 28.6. The predicted molar refractivity (Wildman–Crippen MR) is 111 cm³/mol. The van der Waals surface area contributed by atoms with Crippen LogP contribution in [0.2, 0.25) is 0 Å².